The zero-order valence-electron chi connectivity index (χ0n) is 16.9. The third-order valence-corrected chi connectivity index (χ3v) is 5.79. The van der Waals surface area contributed by atoms with E-state index >= 15 is 0 Å². The molecule has 2 atom stereocenters. The summed E-state index contributed by atoms with van der Waals surface area (Å²) in [7, 11) is 0. The monoisotopic (exact) mass is 408 g/mol. The second-order valence-corrected chi connectivity index (χ2v) is 8.65. The van der Waals surface area contributed by atoms with Crippen molar-refractivity contribution >= 4 is 23.9 Å². The molecule has 0 aromatic heterocycles. The van der Waals surface area contributed by atoms with Crippen LogP contribution in [0.1, 0.15) is 52.4 Å². The highest BCUT2D eigenvalue weighted by atomic mass is 16.6. The zero-order valence-corrected chi connectivity index (χ0v) is 16.9. The number of aliphatic carboxylic acids is 2. The van der Waals surface area contributed by atoms with Crippen molar-refractivity contribution in [3.63, 3.8) is 0 Å². The Balaban J connectivity index is 0.000000257. The van der Waals surface area contributed by atoms with Gasteiger partial charge in [-0.25, -0.2) is 14.4 Å². The molecule has 4 saturated carbocycles. The Morgan fingerprint density at radius 1 is 0.931 bits per heavy atom. The van der Waals surface area contributed by atoms with Crippen molar-refractivity contribution in [2.75, 3.05) is 6.61 Å². The second-order valence-electron chi connectivity index (χ2n) is 8.65. The summed E-state index contributed by atoms with van der Waals surface area (Å²) in [6.07, 6.45) is 4.76. The summed E-state index contributed by atoms with van der Waals surface area (Å²) in [5.74, 6) is -2.14. The molecule has 0 saturated heterocycles. The van der Waals surface area contributed by atoms with Crippen molar-refractivity contribution in [2.45, 2.75) is 58.0 Å². The van der Waals surface area contributed by atoms with E-state index in [1.54, 1.807) is 6.92 Å². The van der Waals surface area contributed by atoms with Crippen LogP contribution in [0.4, 0.5) is 0 Å². The highest BCUT2D eigenvalue weighted by molar-refractivity contribution is 5.88. The molecule has 2 unspecified atom stereocenters. The number of carboxylic acids is 2. The number of rotatable bonds is 6. The first kappa shape index (κ1) is 22.6. The fourth-order valence-corrected chi connectivity index (χ4v) is 5.08. The molecule has 8 heteroatoms. The van der Waals surface area contributed by atoms with E-state index in [0.29, 0.717) is 23.8 Å². The maximum Gasteiger partial charge on any atom is 0.341 e. The maximum atomic E-state index is 11.8. The van der Waals surface area contributed by atoms with E-state index in [0.717, 1.165) is 32.1 Å². The number of carbonyl (C=O) groups excluding carboxylic acids is 2. The Labute approximate surface area is 169 Å². The van der Waals surface area contributed by atoms with Crippen molar-refractivity contribution in [2.24, 2.45) is 17.3 Å². The van der Waals surface area contributed by atoms with E-state index in [2.05, 4.69) is 17.9 Å². The highest BCUT2D eigenvalue weighted by Gasteiger charge is 2.62. The van der Waals surface area contributed by atoms with Crippen molar-refractivity contribution < 1.29 is 38.9 Å². The predicted octanol–water partition coefficient (Wildman–Crippen LogP) is 2.72. The first-order chi connectivity index (χ1) is 13.4. The minimum atomic E-state index is -1.17. The average molecular weight is 408 g/mol. The Hall–Kier alpha value is -2.64. The summed E-state index contributed by atoms with van der Waals surface area (Å²) in [5, 5.41) is 17.6. The minimum absolute atomic E-state index is 0.196. The van der Waals surface area contributed by atoms with Crippen LogP contribution < -0.4 is 0 Å². The largest absolute Gasteiger partial charge is 0.481 e. The van der Waals surface area contributed by atoms with Crippen molar-refractivity contribution in [3.8, 4) is 0 Å². The lowest BCUT2D eigenvalue weighted by atomic mass is 9.48. The molecule has 4 rings (SSSR count). The maximum absolute atomic E-state index is 11.8. The van der Waals surface area contributed by atoms with E-state index in [1.807, 2.05) is 0 Å². The van der Waals surface area contributed by atoms with Crippen molar-refractivity contribution in [1.29, 1.82) is 0 Å². The predicted molar refractivity (Wildman–Crippen MR) is 102 cm³/mol. The molecule has 0 spiro atoms. The fraction of sp³-hybridized carbons (Fsp3) is 0.619. The molecular weight excluding hydrogens is 380 g/mol. The Bertz CT molecular complexity index is 736. The quantitative estimate of drug-likeness (QED) is 0.507. The molecule has 4 aliphatic rings. The summed E-state index contributed by atoms with van der Waals surface area (Å²) in [6, 6.07) is 0. The molecule has 0 radical (unpaired) electrons. The molecule has 0 aromatic rings. The van der Waals surface area contributed by atoms with E-state index in [1.165, 1.54) is 6.92 Å². The lowest BCUT2D eigenvalue weighted by Gasteiger charge is -2.59. The molecule has 4 bridgehead atoms. The molecular formula is C21H28O8. The van der Waals surface area contributed by atoms with Gasteiger partial charge in [0, 0.05) is 17.6 Å². The van der Waals surface area contributed by atoms with Gasteiger partial charge in [0.25, 0.3) is 0 Å². The smallest absolute Gasteiger partial charge is 0.341 e. The number of ether oxygens (including phenoxy) is 2. The summed E-state index contributed by atoms with van der Waals surface area (Å²) in [5.41, 5.74) is -0.612. The van der Waals surface area contributed by atoms with Gasteiger partial charge in [-0.1, -0.05) is 13.2 Å². The lowest BCUT2D eigenvalue weighted by molar-refractivity contribution is -0.207. The normalized spacial score (nSPS) is 31.1. The first-order valence-corrected chi connectivity index (χ1v) is 9.55. The summed E-state index contributed by atoms with van der Waals surface area (Å²) in [4.78, 5) is 43.8. The number of carboxylic acid groups (broad SMARTS) is 2. The molecule has 0 amide bonds. The molecule has 0 heterocycles. The van der Waals surface area contributed by atoms with Gasteiger partial charge >= 0.3 is 23.9 Å². The van der Waals surface area contributed by atoms with Gasteiger partial charge in [-0.2, -0.15) is 0 Å². The first-order valence-electron chi connectivity index (χ1n) is 9.55. The van der Waals surface area contributed by atoms with E-state index in [9.17, 15) is 24.3 Å². The summed E-state index contributed by atoms with van der Waals surface area (Å²) in [6.45, 7) is 9.36. The van der Waals surface area contributed by atoms with Gasteiger partial charge in [0.2, 0.25) is 0 Å². The van der Waals surface area contributed by atoms with Gasteiger partial charge in [0.1, 0.15) is 5.60 Å². The topological polar surface area (TPSA) is 127 Å². The van der Waals surface area contributed by atoms with Gasteiger partial charge in [-0.05, 0) is 57.8 Å². The number of carbonyl (C=O) groups is 4. The molecule has 0 aliphatic heterocycles. The van der Waals surface area contributed by atoms with E-state index in [-0.39, 0.29) is 11.5 Å². The van der Waals surface area contributed by atoms with Crippen LogP contribution in [-0.2, 0) is 28.7 Å². The Morgan fingerprint density at radius 2 is 1.45 bits per heavy atom. The van der Waals surface area contributed by atoms with Crippen molar-refractivity contribution in [1.82, 2.24) is 0 Å². The highest BCUT2D eigenvalue weighted by Crippen LogP contribution is 2.62. The SMILES string of the molecule is C=C(C)C(=O)OC12CC3CC(C1)CC(C(=O)O)(C3)C2.C=C(C)C(=O)OCC(=O)O. The molecule has 29 heavy (non-hydrogen) atoms. The molecule has 4 fully saturated rings. The van der Waals surface area contributed by atoms with Crippen molar-refractivity contribution in [3.05, 3.63) is 24.3 Å². The minimum Gasteiger partial charge on any atom is -0.481 e. The van der Waals surface area contributed by atoms with Crippen LogP contribution in [-0.4, -0.2) is 46.3 Å². The van der Waals surface area contributed by atoms with Crippen LogP contribution in [0.2, 0.25) is 0 Å². The average Bonchev–Trinajstić information content (AvgIpc) is 2.58. The summed E-state index contributed by atoms with van der Waals surface area (Å²) >= 11 is 0. The van der Waals surface area contributed by atoms with Crippen LogP contribution >= 0.6 is 0 Å². The fourth-order valence-electron chi connectivity index (χ4n) is 5.08. The van der Waals surface area contributed by atoms with Gasteiger partial charge < -0.3 is 19.7 Å². The summed E-state index contributed by atoms with van der Waals surface area (Å²) < 4.78 is 9.91. The van der Waals surface area contributed by atoms with Gasteiger partial charge in [-0.3, -0.25) is 4.79 Å². The second kappa shape index (κ2) is 8.39. The molecule has 0 aromatic carbocycles. The van der Waals surface area contributed by atoms with Crippen LogP contribution in [0, 0.1) is 17.3 Å². The van der Waals surface area contributed by atoms with E-state index in [4.69, 9.17) is 9.84 Å². The van der Waals surface area contributed by atoms with Crippen LogP contribution in [0.25, 0.3) is 0 Å². The standard InChI is InChI=1S/C15H20O4.C6H8O4/c1-9(2)12(16)19-15-6-10-3-11(7-15)5-14(4-10,8-15)13(17)18;1-4(2)6(9)10-3-5(7)8/h10-11H,1,3-8H2,2H3,(H,17,18);1,3H2,2H3,(H,7,8). The molecule has 2 N–H and O–H groups in total. The molecule has 4 aliphatic carbocycles. The van der Waals surface area contributed by atoms with Crippen LogP contribution in [0.3, 0.4) is 0 Å². The lowest BCUT2D eigenvalue weighted by Crippen LogP contribution is -2.59. The zero-order chi connectivity index (χ0) is 22.0. The van der Waals surface area contributed by atoms with Crippen LogP contribution in [0.15, 0.2) is 24.3 Å². The van der Waals surface area contributed by atoms with Gasteiger partial charge in [-0.15, -0.1) is 0 Å². The third kappa shape index (κ3) is 5.25. The Kier molecular flexibility index (Phi) is 6.55. The van der Waals surface area contributed by atoms with E-state index < -0.39 is 35.5 Å². The molecule has 8 nitrogen and oxygen atoms in total. The molecule has 160 valence electrons. The number of esters is 2. The Morgan fingerprint density at radius 3 is 1.86 bits per heavy atom. The van der Waals surface area contributed by atoms with Crippen LogP contribution in [0.5, 0.6) is 0 Å². The number of hydrogen-bond donors (Lipinski definition) is 2. The van der Waals surface area contributed by atoms with Gasteiger partial charge in [0.05, 0.1) is 5.41 Å². The third-order valence-electron chi connectivity index (χ3n) is 5.79. The van der Waals surface area contributed by atoms with Gasteiger partial charge in [0.15, 0.2) is 6.61 Å². The number of hydrogen-bond acceptors (Lipinski definition) is 6.